The van der Waals surface area contributed by atoms with Crippen molar-refractivity contribution in [2.75, 3.05) is 5.75 Å². The van der Waals surface area contributed by atoms with Gasteiger partial charge in [0.15, 0.2) is 26.3 Å². The Kier molecular flexibility index (Phi) is 5.86. The van der Waals surface area contributed by atoms with E-state index in [0.29, 0.717) is 17.5 Å². The van der Waals surface area contributed by atoms with E-state index in [1.807, 2.05) is 24.3 Å². The molecule has 9 nitrogen and oxygen atoms in total. The van der Waals surface area contributed by atoms with Crippen LogP contribution in [0.15, 0.2) is 52.5 Å². The van der Waals surface area contributed by atoms with Gasteiger partial charge in [0.25, 0.3) is 9.84 Å². The van der Waals surface area contributed by atoms with Gasteiger partial charge < -0.3 is 4.57 Å². The Bertz CT molecular complexity index is 1750. The zero-order valence-electron chi connectivity index (χ0n) is 19.6. The van der Waals surface area contributed by atoms with Crippen LogP contribution in [-0.4, -0.2) is 52.8 Å². The Morgan fingerprint density at radius 2 is 1.68 bits per heavy atom. The van der Waals surface area contributed by atoms with Crippen LogP contribution in [0.5, 0.6) is 0 Å². The highest BCUT2D eigenvalue weighted by molar-refractivity contribution is 7.92. The summed E-state index contributed by atoms with van der Waals surface area (Å²) >= 11 is 0. The summed E-state index contributed by atoms with van der Waals surface area (Å²) in [5, 5.41) is 5.52. The highest BCUT2D eigenvalue weighted by Gasteiger charge is 2.48. The molecule has 1 fully saturated rings. The number of sulfone groups is 2. The first kappa shape index (κ1) is 25.3. The van der Waals surface area contributed by atoms with E-state index in [9.17, 15) is 30.0 Å². The first-order chi connectivity index (χ1) is 17.3. The highest BCUT2D eigenvalue weighted by Crippen LogP contribution is 2.40. The van der Waals surface area contributed by atoms with Crippen molar-refractivity contribution in [3.05, 3.63) is 48.2 Å². The molecule has 0 saturated heterocycles. The fourth-order valence-electron chi connectivity index (χ4n) is 3.96. The third-order valence-electron chi connectivity index (χ3n) is 6.25. The molecule has 4 aromatic rings. The van der Waals surface area contributed by atoms with Crippen LogP contribution in [0.1, 0.15) is 31.2 Å². The number of benzene rings is 1. The predicted octanol–water partition coefficient (Wildman–Crippen LogP) is 4.06. The Morgan fingerprint density at radius 3 is 2.27 bits per heavy atom. The van der Waals surface area contributed by atoms with Crippen LogP contribution in [0.2, 0.25) is 0 Å². The summed E-state index contributed by atoms with van der Waals surface area (Å²) in [6, 6.07) is 9.95. The molecule has 1 aliphatic carbocycles. The number of alkyl halides is 3. The summed E-state index contributed by atoms with van der Waals surface area (Å²) in [6.45, 7) is 1.48. The lowest BCUT2D eigenvalue weighted by Crippen LogP contribution is -2.24. The number of hydrogen-bond donors (Lipinski definition) is 0. The van der Waals surface area contributed by atoms with Crippen molar-refractivity contribution < 1.29 is 30.0 Å². The van der Waals surface area contributed by atoms with Crippen molar-refractivity contribution in [2.24, 2.45) is 7.05 Å². The van der Waals surface area contributed by atoms with Crippen LogP contribution >= 0.6 is 0 Å². The second-order valence-corrected chi connectivity index (χ2v) is 12.8. The molecule has 37 heavy (non-hydrogen) atoms. The molecular formula is C23H20F3N5O4S2. The number of imidazole rings is 1. The number of pyridine rings is 1. The fraction of sp³-hybridized carbons (Fsp3) is 0.304. The minimum Gasteiger partial charge on any atom is -0.309 e. The molecule has 0 N–H and O–H groups in total. The maximum Gasteiger partial charge on any atom is 0.503 e. The summed E-state index contributed by atoms with van der Waals surface area (Å²) in [5.74, 6) is 0.315. The maximum absolute atomic E-state index is 13.0. The average Bonchev–Trinajstić information content (AvgIpc) is 3.66. The van der Waals surface area contributed by atoms with Gasteiger partial charge in [0, 0.05) is 24.9 Å². The monoisotopic (exact) mass is 551 g/mol. The summed E-state index contributed by atoms with van der Waals surface area (Å²) in [6.07, 6.45) is 3.79. The number of aryl methyl sites for hydroxylation is 1. The molecule has 0 aliphatic heterocycles. The number of rotatable bonds is 6. The molecule has 0 spiro atoms. The zero-order chi connectivity index (χ0) is 26.8. The Balaban J connectivity index is 1.64. The average molecular weight is 552 g/mol. The van der Waals surface area contributed by atoms with Crippen LogP contribution in [0.4, 0.5) is 13.2 Å². The van der Waals surface area contributed by atoms with Gasteiger partial charge in [-0.1, -0.05) is 31.2 Å². The van der Waals surface area contributed by atoms with Crippen molar-refractivity contribution in [2.45, 2.75) is 41.1 Å². The minimum absolute atomic E-state index is 0.0199. The van der Waals surface area contributed by atoms with Gasteiger partial charge >= 0.3 is 5.51 Å². The molecule has 0 radical (unpaired) electrons. The van der Waals surface area contributed by atoms with Gasteiger partial charge in [0.1, 0.15) is 11.2 Å². The number of fused-ring (bicyclic) bond motifs is 1. The standard InChI is InChI=1S/C23H20F3N5O4S2/c1-3-36(32,33)18-10-16(15-8-6-14(7-9-15)13-4-5-13)12-27-20(18)22-28-17-11-19(29-30-21(17)31(22)2)37(34,35)23(24,25)26/h6-13H,3-5H2,1-2H3. The molecule has 1 saturated carbocycles. The zero-order valence-corrected chi connectivity index (χ0v) is 21.2. The van der Waals surface area contributed by atoms with Crippen LogP contribution in [0.3, 0.4) is 0 Å². The predicted molar refractivity (Wildman–Crippen MR) is 128 cm³/mol. The molecule has 0 atom stereocenters. The summed E-state index contributed by atoms with van der Waals surface area (Å²) in [7, 11) is -8.12. The number of aromatic nitrogens is 5. The summed E-state index contributed by atoms with van der Waals surface area (Å²) in [4.78, 5) is 8.44. The van der Waals surface area contributed by atoms with Gasteiger partial charge in [-0.25, -0.2) is 21.8 Å². The maximum atomic E-state index is 13.0. The lowest BCUT2D eigenvalue weighted by molar-refractivity contribution is -0.0438. The van der Waals surface area contributed by atoms with E-state index in [2.05, 4.69) is 20.2 Å². The second kappa shape index (κ2) is 8.58. The van der Waals surface area contributed by atoms with E-state index in [1.165, 1.54) is 36.4 Å². The van der Waals surface area contributed by atoms with Gasteiger partial charge in [-0.2, -0.15) is 13.2 Å². The summed E-state index contributed by atoms with van der Waals surface area (Å²) < 4.78 is 89.8. The van der Waals surface area contributed by atoms with Crippen LogP contribution in [0.25, 0.3) is 33.8 Å². The molecular weight excluding hydrogens is 531 g/mol. The van der Waals surface area contributed by atoms with E-state index in [4.69, 9.17) is 0 Å². The Morgan fingerprint density at radius 1 is 1.00 bits per heavy atom. The van der Waals surface area contributed by atoms with Crippen LogP contribution in [-0.2, 0) is 26.7 Å². The first-order valence-electron chi connectivity index (χ1n) is 11.2. The number of halogens is 3. The van der Waals surface area contributed by atoms with Crippen molar-refractivity contribution in [3.63, 3.8) is 0 Å². The van der Waals surface area contributed by atoms with Crippen LogP contribution in [0, 0.1) is 0 Å². The molecule has 3 heterocycles. The molecule has 0 unspecified atom stereocenters. The topological polar surface area (TPSA) is 125 Å². The minimum atomic E-state index is -5.75. The van der Waals surface area contributed by atoms with E-state index < -0.39 is 30.2 Å². The number of nitrogens with zero attached hydrogens (tertiary/aromatic N) is 5. The van der Waals surface area contributed by atoms with Crippen molar-refractivity contribution in [3.8, 4) is 22.6 Å². The Labute approximate surface area is 210 Å². The van der Waals surface area contributed by atoms with E-state index in [-0.39, 0.29) is 33.3 Å². The fourth-order valence-corrected chi connectivity index (χ4v) is 5.67. The third-order valence-corrected chi connectivity index (χ3v) is 9.35. The normalized spacial score (nSPS) is 14.8. The molecule has 0 amide bonds. The van der Waals surface area contributed by atoms with Crippen LogP contribution < -0.4 is 0 Å². The molecule has 0 bridgehead atoms. The third kappa shape index (κ3) is 4.37. The smallest absolute Gasteiger partial charge is 0.309 e. The lowest BCUT2D eigenvalue weighted by atomic mass is 10.0. The van der Waals surface area contributed by atoms with Gasteiger partial charge in [0.05, 0.1) is 10.6 Å². The molecule has 1 aromatic carbocycles. The van der Waals surface area contributed by atoms with Crippen molar-refractivity contribution in [1.29, 1.82) is 0 Å². The molecule has 3 aromatic heterocycles. The van der Waals surface area contributed by atoms with E-state index in [0.717, 1.165) is 18.4 Å². The van der Waals surface area contributed by atoms with E-state index in [1.54, 1.807) is 0 Å². The molecule has 14 heteroatoms. The highest BCUT2D eigenvalue weighted by atomic mass is 32.2. The quantitative estimate of drug-likeness (QED) is 0.351. The second-order valence-electron chi connectivity index (χ2n) is 8.71. The van der Waals surface area contributed by atoms with Gasteiger partial charge in [-0.05, 0) is 36.0 Å². The largest absolute Gasteiger partial charge is 0.503 e. The Hall–Kier alpha value is -3.39. The number of hydrogen-bond acceptors (Lipinski definition) is 8. The first-order valence-corrected chi connectivity index (χ1v) is 14.3. The van der Waals surface area contributed by atoms with Gasteiger partial charge in [0.2, 0.25) is 0 Å². The van der Waals surface area contributed by atoms with Gasteiger partial charge in [-0.3, -0.25) is 4.98 Å². The summed E-state index contributed by atoms with van der Waals surface area (Å²) in [5.41, 5.74) is -3.30. The lowest BCUT2D eigenvalue weighted by Gasteiger charge is -2.11. The molecule has 5 rings (SSSR count). The van der Waals surface area contributed by atoms with Crippen molar-refractivity contribution in [1.82, 2.24) is 24.7 Å². The molecule has 194 valence electrons. The SMILES string of the molecule is CCS(=O)(=O)c1cc(-c2ccc(C3CC3)cc2)cnc1-c1nc2cc(S(=O)(=O)C(F)(F)F)nnc2n1C. The van der Waals surface area contributed by atoms with Crippen molar-refractivity contribution >= 4 is 30.8 Å². The van der Waals surface area contributed by atoms with E-state index >= 15 is 0 Å². The van der Waals surface area contributed by atoms with Gasteiger partial charge in [-0.15, -0.1) is 10.2 Å². The molecule has 1 aliphatic rings.